The smallest absolute Gasteiger partial charge is 0.122 e. The maximum Gasteiger partial charge on any atom is 0.122 e. The van der Waals surface area contributed by atoms with Crippen LogP contribution in [-0.2, 0) is 6.42 Å². The molecule has 1 atom stereocenters. The van der Waals surface area contributed by atoms with Crippen molar-refractivity contribution >= 4 is 22.6 Å². The van der Waals surface area contributed by atoms with Gasteiger partial charge in [-0.1, -0.05) is 30.3 Å². The van der Waals surface area contributed by atoms with Crippen molar-refractivity contribution in [3.05, 3.63) is 62.2 Å². The Bertz CT molecular complexity index is 642. The van der Waals surface area contributed by atoms with E-state index in [0.29, 0.717) is 0 Å². The van der Waals surface area contributed by atoms with E-state index >= 15 is 0 Å². The highest BCUT2D eigenvalue weighted by atomic mass is 127. The maximum atomic E-state index is 5.82. The van der Waals surface area contributed by atoms with Crippen molar-refractivity contribution in [2.24, 2.45) is 5.84 Å². The van der Waals surface area contributed by atoms with Gasteiger partial charge in [0.15, 0.2) is 0 Å². The van der Waals surface area contributed by atoms with Gasteiger partial charge in [-0.2, -0.15) is 0 Å². The van der Waals surface area contributed by atoms with Gasteiger partial charge in [-0.3, -0.25) is 5.84 Å². The van der Waals surface area contributed by atoms with Crippen LogP contribution in [0.2, 0.25) is 0 Å². The van der Waals surface area contributed by atoms with Gasteiger partial charge in [0.2, 0.25) is 0 Å². The summed E-state index contributed by atoms with van der Waals surface area (Å²) in [6.45, 7) is 2.90. The molecule has 2 aromatic carbocycles. The topological polar surface area (TPSA) is 47.3 Å². The van der Waals surface area contributed by atoms with E-state index in [1.54, 1.807) is 0 Å². The minimum Gasteiger partial charge on any atom is -0.493 e. The third kappa shape index (κ3) is 2.43. The molecule has 1 unspecified atom stereocenters. The fourth-order valence-electron chi connectivity index (χ4n) is 2.64. The lowest BCUT2D eigenvalue weighted by Gasteiger charge is -2.20. The van der Waals surface area contributed by atoms with Crippen LogP contribution in [-0.4, -0.2) is 6.61 Å². The van der Waals surface area contributed by atoms with Crippen molar-refractivity contribution in [1.29, 1.82) is 0 Å². The first-order valence-corrected chi connectivity index (χ1v) is 7.75. The molecule has 0 aliphatic carbocycles. The molecule has 104 valence electrons. The SMILES string of the molecule is Cc1cccc(C(NN)c2ccc3c(c2)CCO3)c1I. The van der Waals surface area contributed by atoms with Crippen LogP contribution in [0.1, 0.15) is 28.3 Å². The van der Waals surface area contributed by atoms with E-state index < -0.39 is 0 Å². The van der Waals surface area contributed by atoms with Crippen molar-refractivity contribution in [2.45, 2.75) is 19.4 Å². The molecule has 1 heterocycles. The largest absolute Gasteiger partial charge is 0.493 e. The van der Waals surface area contributed by atoms with E-state index in [4.69, 9.17) is 10.6 Å². The zero-order valence-electron chi connectivity index (χ0n) is 11.3. The van der Waals surface area contributed by atoms with Crippen LogP contribution in [0.25, 0.3) is 0 Å². The third-order valence-corrected chi connectivity index (χ3v) is 5.22. The normalized spacial score (nSPS) is 14.8. The summed E-state index contributed by atoms with van der Waals surface area (Å²) in [5.41, 5.74) is 7.88. The van der Waals surface area contributed by atoms with Gasteiger partial charge in [-0.15, -0.1) is 0 Å². The molecule has 2 aromatic rings. The minimum absolute atomic E-state index is 0.00713. The molecule has 20 heavy (non-hydrogen) atoms. The molecular formula is C16H17IN2O. The fraction of sp³-hybridized carbons (Fsp3) is 0.250. The lowest BCUT2D eigenvalue weighted by Crippen LogP contribution is -2.29. The average Bonchev–Trinajstić information content (AvgIpc) is 2.92. The number of nitrogens with two attached hydrogens (primary N) is 1. The van der Waals surface area contributed by atoms with E-state index in [1.165, 1.54) is 25.8 Å². The zero-order valence-corrected chi connectivity index (χ0v) is 13.5. The molecule has 1 aliphatic heterocycles. The highest BCUT2D eigenvalue weighted by molar-refractivity contribution is 14.1. The van der Waals surface area contributed by atoms with E-state index in [0.717, 1.165) is 18.8 Å². The van der Waals surface area contributed by atoms with E-state index in [-0.39, 0.29) is 6.04 Å². The summed E-state index contributed by atoms with van der Waals surface area (Å²) < 4.78 is 6.82. The average molecular weight is 380 g/mol. The molecule has 0 amide bonds. The Morgan fingerprint density at radius 3 is 2.95 bits per heavy atom. The summed E-state index contributed by atoms with van der Waals surface area (Å²) in [6, 6.07) is 12.7. The van der Waals surface area contributed by atoms with Crippen LogP contribution in [0.3, 0.4) is 0 Å². The molecule has 0 bridgehead atoms. The third-order valence-electron chi connectivity index (χ3n) is 3.75. The number of hydrogen-bond donors (Lipinski definition) is 2. The van der Waals surface area contributed by atoms with E-state index in [9.17, 15) is 0 Å². The summed E-state index contributed by atoms with van der Waals surface area (Å²) in [7, 11) is 0. The number of nitrogens with one attached hydrogen (secondary N) is 1. The first kappa shape index (κ1) is 13.9. The van der Waals surface area contributed by atoms with Crippen molar-refractivity contribution in [1.82, 2.24) is 5.43 Å². The number of benzene rings is 2. The molecule has 1 aliphatic rings. The van der Waals surface area contributed by atoms with Gasteiger partial charge < -0.3 is 4.74 Å². The van der Waals surface area contributed by atoms with Gasteiger partial charge in [-0.05, 0) is 57.8 Å². The highest BCUT2D eigenvalue weighted by Crippen LogP contribution is 2.32. The molecule has 0 aromatic heterocycles. The summed E-state index contributed by atoms with van der Waals surface area (Å²) >= 11 is 2.39. The second-order valence-corrected chi connectivity index (χ2v) is 6.12. The minimum atomic E-state index is 0.00713. The van der Waals surface area contributed by atoms with Gasteiger partial charge in [0.25, 0.3) is 0 Å². The van der Waals surface area contributed by atoms with Gasteiger partial charge in [0.05, 0.1) is 12.6 Å². The summed E-state index contributed by atoms with van der Waals surface area (Å²) in [4.78, 5) is 0. The Morgan fingerprint density at radius 1 is 1.30 bits per heavy atom. The van der Waals surface area contributed by atoms with Crippen LogP contribution in [0.5, 0.6) is 5.75 Å². The molecular weight excluding hydrogens is 363 g/mol. The Labute approximate surface area is 132 Å². The molecule has 0 saturated carbocycles. The quantitative estimate of drug-likeness (QED) is 0.489. The second kappa shape index (κ2) is 5.71. The lowest BCUT2D eigenvalue weighted by atomic mass is 9.96. The summed E-state index contributed by atoms with van der Waals surface area (Å²) in [6.07, 6.45) is 0.978. The maximum absolute atomic E-state index is 5.82. The zero-order chi connectivity index (χ0) is 14.1. The lowest BCUT2D eigenvalue weighted by molar-refractivity contribution is 0.357. The molecule has 3 nitrogen and oxygen atoms in total. The fourth-order valence-corrected chi connectivity index (χ4v) is 3.32. The molecule has 3 N–H and O–H groups in total. The summed E-state index contributed by atoms with van der Waals surface area (Å²) in [5.74, 6) is 6.82. The molecule has 0 saturated heterocycles. The van der Waals surface area contributed by atoms with Crippen molar-refractivity contribution < 1.29 is 4.74 Å². The molecule has 4 heteroatoms. The number of fused-ring (bicyclic) bond motifs is 1. The van der Waals surface area contributed by atoms with Gasteiger partial charge in [-0.25, -0.2) is 5.43 Å². The Hall–Kier alpha value is -1.11. The Kier molecular flexibility index (Phi) is 3.96. The number of rotatable bonds is 3. The Balaban J connectivity index is 2.03. The van der Waals surface area contributed by atoms with Gasteiger partial charge in [0, 0.05) is 9.99 Å². The monoisotopic (exact) mass is 380 g/mol. The van der Waals surface area contributed by atoms with Crippen molar-refractivity contribution in [3.8, 4) is 5.75 Å². The highest BCUT2D eigenvalue weighted by Gasteiger charge is 2.19. The van der Waals surface area contributed by atoms with E-state index in [1.807, 2.05) is 6.07 Å². The molecule has 0 spiro atoms. The van der Waals surface area contributed by atoms with Crippen LogP contribution in [0.15, 0.2) is 36.4 Å². The number of hydrogen-bond acceptors (Lipinski definition) is 3. The first-order chi connectivity index (χ1) is 9.70. The van der Waals surface area contributed by atoms with Crippen LogP contribution >= 0.6 is 22.6 Å². The standard InChI is InChI=1S/C16H17IN2O/c1-10-3-2-4-13(15(10)17)16(19-18)12-5-6-14-11(9-12)7-8-20-14/h2-6,9,16,19H,7-8,18H2,1H3. The number of ether oxygens (including phenoxy) is 1. The number of aryl methyl sites for hydroxylation is 1. The van der Waals surface area contributed by atoms with Gasteiger partial charge in [0.1, 0.15) is 5.75 Å². The van der Waals surface area contributed by atoms with Crippen LogP contribution in [0, 0.1) is 10.5 Å². The van der Waals surface area contributed by atoms with E-state index in [2.05, 4.69) is 65.3 Å². The van der Waals surface area contributed by atoms with Crippen LogP contribution < -0.4 is 16.0 Å². The van der Waals surface area contributed by atoms with Crippen molar-refractivity contribution in [3.63, 3.8) is 0 Å². The number of halogens is 1. The predicted molar refractivity (Wildman–Crippen MR) is 88.7 cm³/mol. The first-order valence-electron chi connectivity index (χ1n) is 6.67. The summed E-state index contributed by atoms with van der Waals surface area (Å²) in [5, 5.41) is 0. The number of hydrazine groups is 1. The molecule has 0 fully saturated rings. The molecule has 0 radical (unpaired) electrons. The van der Waals surface area contributed by atoms with Crippen molar-refractivity contribution in [2.75, 3.05) is 6.61 Å². The second-order valence-electron chi connectivity index (χ2n) is 5.04. The predicted octanol–water partition coefficient (Wildman–Crippen LogP) is 3.09. The molecule has 3 rings (SSSR count). The van der Waals surface area contributed by atoms with Crippen LogP contribution in [0.4, 0.5) is 0 Å². The Morgan fingerprint density at radius 2 is 2.15 bits per heavy atom. The van der Waals surface area contributed by atoms with Gasteiger partial charge >= 0.3 is 0 Å².